The Balaban J connectivity index is 2.33. The first kappa shape index (κ1) is 10.4. The van der Waals surface area contributed by atoms with Crippen LogP contribution >= 0.6 is 0 Å². The maximum absolute atomic E-state index is 7.38. The fourth-order valence-corrected chi connectivity index (χ4v) is 1.48. The van der Waals surface area contributed by atoms with E-state index in [-0.39, 0.29) is 0 Å². The molecule has 0 amide bonds. The van der Waals surface area contributed by atoms with Crippen LogP contribution in [-0.2, 0) is 0 Å². The van der Waals surface area contributed by atoms with Crippen molar-refractivity contribution in [2.45, 2.75) is 6.92 Å². The Labute approximate surface area is 94.5 Å². The lowest BCUT2D eigenvalue weighted by molar-refractivity contribution is 1.40. The molecule has 1 aromatic rings. The molecule has 16 heavy (non-hydrogen) atoms. The van der Waals surface area contributed by atoms with Crippen molar-refractivity contribution in [3.63, 3.8) is 0 Å². The molecule has 0 fully saturated rings. The molecule has 0 atom stereocenters. The van der Waals surface area contributed by atoms with Crippen molar-refractivity contribution >= 4 is 22.8 Å². The summed E-state index contributed by atoms with van der Waals surface area (Å²) in [5, 5.41) is 7.38. The van der Waals surface area contributed by atoms with Gasteiger partial charge in [0, 0.05) is 5.69 Å². The topological polar surface area (TPSA) is 62.2 Å². The molecule has 0 unspecified atom stereocenters. The number of hydrogen-bond acceptors (Lipinski definition) is 3. The first-order chi connectivity index (χ1) is 7.65. The molecular formula is C13H13N3. The number of hydrogen-bond donors (Lipinski definition) is 2. The van der Waals surface area contributed by atoms with Gasteiger partial charge in [-0.2, -0.15) is 0 Å². The Morgan fingerprint density at radius 3 is 2.44 bits per heavy atom. The zero-order valence-corrected chi connectivity index (χ0v) is 9.07. The van der Waals surface area contributed by atoms with Crippen molar-refractivity contribution in [1.29, 1.82) is 5.41 Å². The van der Waals surface area contributed by atoms with Gasteiger partial charge in [0.2, 0.25) is 0 Å². The maximum Gasteiger partial charge on any atom is 0.0667 e. The van der Waals surface area contributed by atoms with Crippen LogP contribution in [0.4, 0.5) is 11.4 Å². The summed E-state index contributed by atoms with van der Waals surface area (Å²) in [5.41, 5.74) is 9.73. The third-order valence-corrected chi connectivity index (χ3v) is 2.34. The van der Waals surface area contributed by atoms with Crippen LogP contribution in [0.2, 0.25) is 0 Å². The third-order valence-electron chi connectivity index (χ3n) is 2.34. The Morgan fingerprint density at radius 1 is 1.12 bits per heavy atom. The summed E-state index contributed by atoms with van der Waals surface area (Å²) in [6.45, 7) is 1.98. The van der Waals surface area contributed by atoms with Gasteiger partial charge >= 0.3 is 0 Å². The lowest BCUT2D eigenvalue weighted by Crippen LogP contribution is -1.98. The number of nitrogen functional groups attached to an aromatic ring is 1. The summed E-state index contributed by atoms with van der Waals surface area (Å²) in [6, 6.07) is 5.64. The van der Waals surface area contributed by atoms with Gasteiger partial charge in [-0.25, -0.2) is 4.99 Å². The molecule has 80 valence electrons. The molecule has 0 heterocycles. The zero-order chi connectivity index (χ0) is 11.5. The molecule has 3 N–H and O–H groups in total. The summed E-state index contributed by atoms with van der Waals surface area (Å²) in [5.74, 6) is 0. The number of allylic oxidation sites excluding steroid dienone is 4. The molecule has 1 aliphatic carbocycles. The molecule has 0 spiro atoms. The molecule has 0 saturated carbocycles. The van der Waals surface area contributed by atoms with Gasteiger partial charge in [0.1, 0.15) is 0 Å². The Bertz CT molecular complexity index is 504. The molecule has 0 saturated heterocycles. The van der Waals surface area contributed by atoms with E-state index in [1.54, 1.807) is 12.2 Å². The average molecular weight is 211 g/mol. The first-order valence-electron chi connectivity index (χ1n) is 5.05. The molecule has 2 rings (SSSR count). The van der Waals surface area contributed by atoms with E-state index in [0.29, 0.717) is 5.71 Å². The SMILES string of the molecule is Cc1cc(N)ccc1N=C1C=CC(=N)C=C1. The number of nitrogens with zero attached hydrogens (tertiary/aromatic N) is 1. The van der Waals surface area contributed by atoms with E-state index in [1.807, 2.05) is 37.3 Å². The summed E-state index contributed by atoms with van der Waals surface area (Å²) < 4.78 is 0. The standard InChI is InChI=1S/C13H13N3/c1-9-8-11(15)4-7-13(9)16-12-5-2-10(14)3-6-12/h2-8,14H,15H2,1H3. The van der Waals surface area contributed by atoms with E-state index in [0.717, 1.165) is 22.6 Å². The van der Waals surface area contributed by atoms with Crippen LogP contribution in [-0.4, -0.2) is 11.4 Å². The van der Waals surface area contributed by atoms with Gasteiger partial charge < -0.3 is 11.1 Å². The fraction of sp³-hybridized carbons (Fsp3) is 0.0769. The molecule has 3 nitrogen and oxygen atoms in total. The summed E-state index contributed by atoms with van der Waals surface area (Å²) in [4.78, 5) is 4.48. The molecule has 0 bridgehead atoms. The number of aryl methyl sites for hydroxylation is 1. The predicted molar refractivity (Wildman–Crippen MR) is 68.7 cm³/mol. The normalized spacial score (nSPS) is 14.3. The van der Waals surface area contributed by atoms with Gasteiger partial charge in [0.05, 0.1) is 17.1 Å². The maximum atomic E-state index is 7.38. The van der Waals surface area contributed by atoms with Crippen molar-refractivity contribution in [2.75, 3.05) is 5.73 Å². The van der Waals surface area contributed by atoms with E-state index in [9.17, 15) is 0 Å². The summed E-state index contributed by atoms with van der Waals surface area (Å²) >= 11 is 0. The van der Waals surface area contributed by atoms with Gasteiger partial charge in [-0.1, -0.05) is 0 Å². The molecule has 1 aromatic carbocycles. The number of anilines is 1. The van der Waals surface area contributed by atoms with Crippen LogP contribution < -0.4 is 5.73 Å². The number of benzene rings is 1. The van der Waals surface area contributed by atoms with E-state index < -0.39 is 0 Å². The summed E-state index contributed by atoms with van der Waals surface area (Å²) in [6.07, 6.45) is 7.12. The van der Waals surface area contributed by atoms with E-state index in [4.69, 9.17) is 11.1 Å². The van der Waals surface area contributed by atoms with E-state index in [2.05, 4.69) is 4.99 Å². The Kier molecular flexibility index (Phi) is 2.68. The van der Waals surface area contributed by atoms with Gasteiger partial charge in [-0.15, -0.1) is 0 Å². The van der Waals surface area contributed by atoms with Crippen LogP contribution in [0.1, 0.15) is 5.56 Å². The molecule has 0 aliphatic heterocycles. The van der Waals surface area contributed by atoms with Crippen molar-refractivity contribution in [3.05, 3.63) is 48.1 Å². The van der Waals surface area contributed by atoms with Crippen LogP contribution in [0.3, 0.4) is 0 Å². The van der Waals surface area contributed by atoms with Crippen molar-refractivity contribution in [3.8, 4) is 0 Å². The fourth-order valence-electron chi connectivity index (χ4n) is 1.48. The highest BCUT2D eigenvalue weighted by Gasteiger charge is 2.00. The number of nitrogens with one attached hydrogen (secondary N) is 1. The van der Waals surface area contributed by atoms with Gasteiger partial charge in [-0.3, -0.25) is 0 Å². The van der Waals surface area contributed by atoms with Gasteiger partial charge in [0.25, 0.3) is 0 Å². The van der Waals surface area contributed by atoms with Crippen molar-refractivity contribution in [2.24, 2.45) is 4.99 Å². The molecule has 0 radical (unpaired) electrons. The third kappa shape index (κ3) is 2.25. The quantitative estimate of drug-likeness (QED) is 0.544. The predicted octanol–water partition coefficient (Wildman–Crippen LogP) is 2.80. The highest BCUT2D eigenvalue weighted by molar-refractivity contribution is 6.18. The second kappa shape index (κ2) is 4.14. The lowest BCUT2D eigenvalue weighted by atomic mass is 10.1. The molecular weight excluding hydrogens is 198 g/mol. The Morgan fingerprint density at radius 2 is 1.81 bits per heavy atom. The minimum absolute atomic E-state index is 0.493. The Hall–Kier alpha value is -2.16. The second-order valence-corrected chi connectivity index (χ2v) is 3.70. The minimum Gasteiger partial charge on any atom is -0.399 e. The largest absolute Gasteiger partial charge is 0.399 e. The second-order valence-electron chi connectivity index (χ2n) is 3.70. The molecule has 0 aromatic heterocycles. The molecule has 3 heteroatoms. The monoisotopic (exact) mass is 211 g/mol. The summed E-state index contributed by atoms with van der Waals surface area (Å²) in [7, 11) is 0. The van der Waals surface area contributed by atoms with E-state index in [1.165, 1.54) is 0 Å². The first-order valence-corrected chi connectivity index (χ1v) is 5.05. The number of aliphatic imine (C=N–C) groups is 1. The van der Waals surface area contributed by atoms with Crippen molar-refractivity contribution in [1.82, 2.24) is 0 Å². The zero-order valence-electron chi connectivity index (χ0n) is 9.07. The highest BCUT2D eigenvalue weighted by atomic mass is 14.7. The minimum atomic E-state index is 0.493. The van der Waals surface area contributed by atoms with Crippen LogP contribution in [0.25, 0.3) is 0 Å². The smallest absolute Gasteiger partial charge is 0.0667 e. The lowest BCUT2D eigenvalue weighted by Gasteiger charge is -2.04. The molecule has 1 aliphatic rings. The van der Waals surface area contributed by atoms with Crippen LogP contribution in [0.5, 0.6) is 0 Å². The van der Waals surface area contributed by atoms with Crippen LogP contribution in [0, 0.1) is 12.3 Å². The van der Waals surface area contributed by atoms with Crippen molar-refractivity contribution < 1.29 is 0 Å². The number of nitrogens with two attached hydrogens (primary N) is 1. The van der Waals surface area contributed by atoms with Gasteiger partial charge in [-0.05, 0) is 55.0 Å². The number of rotatable bonds is 1. The van der Waals surface area contributed by atoms with Gasteiger partial charge in [0.15, 0.2) is 0 Å². The highest BCUT2D eigenvalue weighted by Crippen LogP contribution is 2.21. The average Bonchev–Trinajstić information content (AvgIpc) is 2.25. The van der Waals surface area contributed by atoms with E-state index >= 15 is 0 Å². The van der Waals surface area contributed by atoms with Crippen LogP contribution in [0.15, 0.2) is 47.5 Å².